The number of amides is 2. The number of nitrogens with zero attached hydrogens (tertiary/aromatic N) is 1. The minimum atomic E-state index is -3.54. The Labute approximate surface area is 190 Å². The van der Waals surface area contributed by atoms with Crippen molar-refractivity contribution in [3.63, 3.8) is 0 Å². The van der Waals surface area contributed by atoms with E-state index in [1.807, 2.05) is 0 Å². The number of carbonyl (C=O) groups excluding carboxylic acids is 3. The maximum absolute atomic E-state index is 12.6. The summed E-state index contributed by atoms with van der Waals surface area (Å²) in [6.07, 6.45) is -0.337. The Morgan fingerprint density at radius 1 is 1.06 bits per heavy atom. The maximum Gasteiger partial charge on any atom is 0.309 e. The van der Waals surface area contributed by atoms with E-state index in [1.165, 1.54) is 18.2 Å². The van der Waals surface area contributed by atoms with Crippen molar-refractivity contribution in [3.8, 4) is 0 Å². The molecule has 0 bridgehead atoms. The van der Waals surface area contributed by atoms with Crippen LogP contribution >= 0.6 is 11.3 Å². The molecule has 0 unspecified atom stereocenters. The lowest BCUT2D eigenvalue weighted by molar-refractivity contribution is -0.158. The number of benzene rings is 1. The first-order valence-corrected chi connectivity index (χ1v) is 12.4. The van der Waals surface area contributed by atoms with E-state index in [9.17, 15) is 22.8 Å². The molecule has 0 radical (unpaired) electrons. The van der Waals surface area contributed by atoms with Crippen LogP contribution in [0, 0.1) is 5.92 Å². The van der Waals surface area contributed by atoms with Crippen LogP contribution in [0.2, 0.25) is 0 Å². The molecule has 2 heterocycles. The number of thiophene rings is 1. The van der Waals surface area contributed by atoms with Crippen molar-refractivity contribution in [3.05, 3.63) is 41.8 Å². The lowest BCUT2D eigenvalue weighted by Crippen LogP contribution is -2.41. The van der Waals surface area contributed by atoms with Crippen molar-refractivity contribution >= 4 is 50.5 Å². The van der Waals surface area contributed by atoms with Crippen molar-refractivity contribution in [2.75, 3.05) is 23.7 Å². The van der Waals surface area contributed by atoms with Crippen molar-refractivity contribution in [1.29, 1.82) is 0 Å². The Hall–Kier alpha value is -2.76. The first kappa shape index (κ1) is 23.9. The highest BCUT2D eigenvalue weighted by atomic mass is 32.2. The highest BCUT2D eigenvalue weighted by Gasteiger charge is 2.34. The minimum absolute atomic E-state index is 0.197. The van der Waals surface area contributed by atoms with E-state index >= 15 is 0 Å². The molecule has 1 aliphatic heterocycles. The quantitative estimate of drug-likeness (QED) is 0.589. The van der Waals surface area contributed by atoms with Gasteiger partial charge in [-0.3, -0.25) is 14.4 Å². The molecule has 2 N–H and O–H groups in total. The zero-order valence-electron chi connectivity index (χ0n) is 17.7. The summed E-state index contributed by atoms with van der Waals surface area (Å²) >= 11 is 1.16. The van der Waals surface area contributed by atoms with Crippen molar-refractivity contribution in [2.45, 2.75) is 37.0 Å². The van der Waals surface area contributed by atoms with Gasteiger partial charge in [0.25, 0.3) is 15.9 Å². The summed E-state index contributed by atoms with van der Waals surface area (Å²) in [7, 11) is -3.54. The van der Waals surface area contributed by atoms with Gasteiger partial charge in [0.15, 0.2) is 6.10 Å². The molecule has 1 aliphatic rings. The predicted octanol–water partition coefficient (Wildman–Crippen LogP) is 2.68. The topological polar surface area (TPSA) is 122 Å². The lowest BCUT2D eigenvalue weighted by atomic mass is 9.98. The van der Waals surface area contributed by atoms with Crippen LogP contribution in [0.1, 0.15) is 26.7 Å². The van der Waals surface area contributed by atoms with Gasteiger partial charge >= 0.3 is 5.97 Å². The minimum Gasteiger partial charge on any atom is -0.452 e. The van der Waals surface area contributed by atoms with Gasteiger partial charge in [-0.15, -0.1) is 11.3 Å². The monoisotopic (exact) mass is 479 g/mol. The second-order valence-electron chi connectivity index (χ2n) is 7.44. The fraction of sp³-hybridized carbons (Fsp3) is 0.381. The first-order chi connectivity index (χ1) is 15.2. The predicted molar refractivity (Wildman–Crippen MR) is 121 cm³/mol. The Bertz CT molecular complexity index is 1060. The van der Waals surface area contributed by atoms with E-state index in [0.717, 1.165) is 11.3 Å². The van der Waals surface area contributed by atoms with Gasteiger partial charge in [0, 0.05) is 31.4 Å². The van der Waals surface area contributed by atoms with Crippen LogP contribution in [0.4, 0.5) is 11.4 Å². The Balaban J connectivity index is 1.48. The molecule has 1 atom stereocenters. The zero-order valence-corrected chi connectivity index (χ0v) is 19.4. The number of piperidine rings is 1. The van der Waals surface area contributed by atoms with Crippen LogP contribution in [0.25, 0.3) is 0 Å². The van der Waals surface area contributed by atoms with E-state index in [-0.39, 0.29) is 23.2 Å². The number of sulfonamides is 1. The molecule has 2 amide bonds. The molecule has 0 spiro atoms. The molecule has 3 rings (SSSR count). The van der Waals surface area contributed by atoms with Gasteiger partial charge in [-0.25, -0.2) is 8.42 Å². The molecule has 11 heteroatoms. The molecule has 0 saturated carbocycles. The molecule has 2 aromatic rings. The molecule has 1 saturated heterocycles. The summed E-state index contributed by atoms with van der Waals surface area (Å²) in [5.74, 6) is -1.65. The van der Waals surface area contributed by atoms with Gasteiger partial charge < -0.3 is 15.4 Å². The molecular formula is C21H25N3O6S2. The summed E-state index contributed by atoms with van der Waals surface area (Å²) in [4.78, 5) is 35.9. The smallest absolute Gasteiger partial charge is 0.309 e. The zero-order chi connectivity index (χ0) is 23.3. The normalized spacial score (nSPS) is 16.2. The lowest BCUT2D eigenvalue weighted by Gasteiger charge is -2.30. The van der Waals surface area contributed by atoms with Gasteiger partial charge in [0.1, 0.15) is 4.21 Å². The third-order valence-electron chi connectivity index (χ3n) is 5.01. The number of hydrogen-bond donors (Lipinski definition) is 2. The number of rotatable bonds is 7. The Kier molecular flexibility index (Phi) is 7.64. The van der Waals surface area contributed by atoms with E-state index in [1.54, 1.807) is 41.8 Å². The van der Waals surface area contributed by atoms with Crippen molar-refractivity contribution in [1.82, 2.24) is 4.31 Å². The van der Waals surface area contributed by atoms with Gasteiger partial charge in [-0.05, 0) is 55.5 Å². The molecule has 9 nitrogen and oxygen atoms in total. The Morgan fingerprint density at radius 2 is 1.66 bits per heavy atom. The van der Waals surface area contributed by atoms with Crippen LogP contribution in [0.3, 0.4) is 0 Å². The Morgan fingerprint density at radius 3 is 2.19 bits per heavy atom. The van der Waals surface area contributed by atoms with E-state index in [0.29, 0.717) is 24.2 Å². The van der Waals surface area contributed by atoms with E-state index in [4.69, 9.17) is 4.74 Å². The summed E-state index contributed by atoms with van der Waals surface area (Å²) < 4.78 is 32.2. The molecule has 1 aromatic carbocycles. The molecule has 0 aliphatic carbocycles. The molecule has 32 heavy (non-hydrogen) atoms. The average Bonchev–Trinajstić information content (AvgIpc) is 3.30. The van der Waals surface area contributed by atoms with Crippen LogP contribution in [-0.4, -0.2) is 49.7 Å². The third-order valence-corrected chi connectivity index (χ3v) is 8.28. The summed E-state index contributed by atoms with van der Waals surface area (Å²) in [6.45, 7) is 3.33. The number of hydrogen-bond acceptors (Lipinski definition) is 7. The highest BCUT2D eigenvalue weighted by Crippen LogP contribution is 2.27. The van der Waals surface area contributed by atoms with Gasteiger partial charge in [0.05, 0.1) is 5.92 Å². The van der Waals surface area contributed by atoms with Crippen molar-refractivity contribution < 1.29 is 27.5 Å². The molecule has 1 fully saturated rings. The molecule has 172 valence electrons. The number of nitrogens with one attached hydrogen (secondary N) is 2. The summed E-state index contributed by atoms with van der Waals surface area (Å²) in [5, 5.41) is 7.00. The van der Waals surface area contributed by atoms with Gasteiger partial charge in [-0.1, -0.05) is 6.07 Å². The summed E-state index contributed by atoms with van der Waals surface area (Å²) in [6, 6.07) is 9.79. The van der Waals surface area contributed by atoms with Gasteiger partial charge in [0.2, 0.25) is 5.91 Å². The second kappa shape index (κ2) is 10.2. The standard InChI is InChI=1S/C21H25N3O6S2/c1-14(20(26)23-18-7-5-17(6-8-18)22-15(2)25)30-21(27)16-9-11-24(12-10-16)32(28,29)19-4-3-13-31-19/h3-8,13-14,16H,9-12H2,1-2H3,(H,22,25)(H,23,26)/t14-/m1/s1. The maximum atomic E-state index is 12.6. The van der Waals surface area contributed by atoms with Crippen LogP contribution in [0.15, 0.2) is 46.0 Å². The number of esters is 1. The van der Waals surface area contributed by atoms with E-state index in [2.05, 4.69) is 10.6 Å². The second-order valence-corrected chi connectivity index (χ2v) is 10.5. The summed E-state index contributed by atoms with van der Waals surface area (Å²) in [5.41, 5.74) is 1.10. The fourth-order valence-electron chi connectivity index (χ4n) is 3.28. The molecular weight excluding hydrogens is 454 g/mol. The van der Waals surface area contributed by atoms with E-state index < -0.39 is 33.9 Å². The van der Waals surface area contributed by atoms with Crippen LogP contribution in [-0.2, 0) is 29.1 Å². The SMILES string of the molecule is CC(=O)Nc1ccc(NC(=O)[C@@H](C)OC(=O)C2CCN(S(=O)(=O)c3cccs3)CC2)cc1. The van der Waals surface area contributed by atoms with Crippen LogP contribution in [0.5, 0.6) is 0 Å². The van der Waals surface area contributed by atoms with Gasteiger partial charge in [-0.2, -0.15) is 4.31 Å². The first-order valence-electron chi connectivity index (χ1n) is 10.1. The largest absolute Gasteiger partial charge is 0.452 e. The van der Waals surface area contributed by atoms with Crippen molar-refractivity contribution in [2.24, 2.45) is 5.92 Å². The number of ether oxygens (including phenoxy) is 1. The third kappa shape index (κ3) is 5.93. The van der Waals surface area contributed by atoms with Crippen LogP contribution < -0.4 is 10.6 Å². The number of anilines is 2. The molecule has 1 aromatic heterocycles. The fourth-order valence-corrected chi connectivity index (χ4v) is 5.89. The number of carbonyl (C=O) groups is 3. The highest BCUT2D eigenvalue weighted by molar-refractivity contribution is 7.91. The average molecular weight is 480 g/mol.